The summed E-state index contributed by atoms with van der Waals surface area (Å²) in [4.78, 5) is 12.1. The molecule has 0 aromatic heterocycles. The highest BCUT2D eigenvalue weighted by molar-refractivity contribution is 7.92. The molecule has 1 heterocycles. The molecule has 0 atom stereocenters. The maximum Gasteiger partial charge on any atom is 0.471 e. The zero-order valence-electron chi connectivity index (χ0n) is 16.1. The van der Waals surface area contributed by atoms with Crippen molar-refractivity contribution in [2.45, 2.75) is 24.0 Å². The van der Waals surface area contributed by atoms with Crippen LogP contribution in [0.15, 0.2) is 41.3 Å². The number of benzene rings is 2. The number of carbonyl (C=O) groups excluding carboxylic acids is 1. The smallest absolute Gasteiger partial charge is 0.471 e. The quantitative estimate of drug-likeness (QED) is 0.767. The Bertz CT molecular complexity index is 1050. The van der Waals surface area contributed by atoms with Crippen LogP contribution in [0.2, 0.25) is 0 Å². The van der Waals surface area contributed by atoms with E-state index in [0.717, 1.165) is 0 Å². The molecule has 0 radical (unpaired) electrons. The number of nitrogens with zero attached hydrogens (tertiary/aromatic N) is 1. The fraction of sp³-hybridized carbons (Fsp3) is 0.316. The van der Waals surface area contributed by atoms with Gasteiger partial charge in [0.15, 0.2) is 0 Å². The van der Waals surface area contributed by atoms with Crippen LogP contribution >= 0.6 is 0 Å². The van der Waals surface area contributed by atoms with E-state index in [2.05, 4.69) is 4.72 Å². The van der Waals surface area contributed by atoms with E-state index >= 15 is 0 Å². The van der Waals surface area contributed by atoms with Crippen LogP contribution in [-0.4, -0.2) is 46.2 Å². The number of amides is 1. The van der Waals surface area contributed by atoms with Crippen molar-refractivity contribution in [1.29, 1.82) is 0 Å². The van der Waals surface area contributed by atoms with Crippen LogP contribution in [0, 0.1) is 0 Å². The molecule has 3 rings (SSSR count). The number of methoxy groups -OCH3 is 2. The van der Waals surface area contributed by atoms with Crippen LogP contribution in [0.25, 0.3) is 0 Å². The minimum atomic E-state index is -4.98. The third-order valence-corrected chi connectivity index (χ3v) is 6.01. The fourth-order valence-electron chi connectivity index (χ4n) is 3.13. The second-order valence-electron chi connectivity index (χ2n) is 6.61. The average molecular weight is 444 g/mol. The van der Waals surface area contributed by atoms with Gasteiger partial charge in [-0.1, -0.05) is 6.07 Å². The van der Waals surface area contributed by atoms with E-state index < -0.39 is 22.1 Å². The van der Waals surface area contributed by atoms with Gasteiger partial charge in [-0.3, -0.25) is 9.52 Å². The van der Waals surface area contributed by atoms with Gasteiger partial charge in [0.1, 0.15) is 11.5 Å². The molecule has 1 aliphatic rings. The zero-order valence-corrected chi connectivity index (χ0v) is 16.9. The van der Waals surface area contributed by atoms with Gasteiger partial charge in [-0.2, -0.15) is 13.2 Å². The third-order valence-electron chi connectivity index (χ3n) is 4.63. The van der Waals surface area contributed by atoms with Crippen molar-refractivity contribution in [3.8, 4) is 11.5 Å². The van der Waals surface area contributed by atoms with Gasteiger partial charge in [0.25, 0.3) is 10.0 Å². The molecule has 2 aromatic carbocycles. The lowest BCUT2D eigenvalue weighted by molar-refractivity contribution is -0.186. The average Bonchev–Trinajstić information content (AvgIpc) is 2.70. The Balaban J connectivity index is 1.87. The van der Waals surface area contributed by atoms with Crippen LogP contribution in [0.4, 0.5) is 18.9 Å². The minimum absolute atomic E-state index is 0.0840. The highest BCUT2D eigenvalue weighted by Crippen LogP contribution is 2.29. The van der Waals surface area contributed by atoms with Gasteiger partial charge in [-0.25, -0.2) is 8.42 Å². The molecule has 7 nitrogen and oxygen atoms in total. The molecule has 0 unspecified atom stereocenters. The Hall–Kier alpha value is -2.95. The van der Waals surface area contributed by atoms with E-state index in [-0.39, 0.29) is 30.1 Å². The topological polar surface area (TPSA) is 84.9 Å². The number of anilines is 1. The first-order chi connectivity index (χ1) is 14.0. The van der Waals surface area contributed by atoms with E-state index in [1.165, 1.54) is 38.5 Å². The van der Waals surface area contributed by atoms with E-state index in [9.17, 15) is 26.4 Å². The first kappa shape index (κ1) is 21.8. The molecule has 0 saturated heterocycles. The summed E-state index contributed by atoms with van der Waals surface area (Å²) in [5.74, 6) is -1.19. The lowest BCUT2D eigenvalue weighted by atomic mass is 10.00. The summed E-state index contributed by atoms with van der Waals surface area (Å²) in [6, 6.07) is 8.70. The highest BCUT2D eigenvalue weighted by atomic mass is 32.2. The van der Waals surface area contributed by atoms with E-state index in [0.29, 0.717) is 27.5 Å². The molecule has 11 heteroatoms. The number of rotatable bonds is 5. The first-order valence-electron chi connectivity index (χ1n) is 8.77. The Morgan fingerprint density at radius 3 is 2.23 bits per heavy atom. The minimum Gasteiger partial charge on any atom is -0.497 e. The predicted octanol–water partition coefficient (Wildman–Crippen LogP) is 2.95. The Kier molecular flexibility index (Phi) is 5.84. The fourth-order valence-corrected chi connectivity index (χ4v) is 4.22. The number of fused-ring (bicyclic) bond motifs is 1. The molecule has 1 amide bonds. The standard InChI is InChI=1S/C19H19F3N2O5S/c1-28-15-8-14(9-16(10-15)29-2)23-30(26,27)17-4-3-12-5-6-24(11-13(12)7-17)18(25)19(20,21)22/h3-4,7-10,23H,5-6,11H2,1-2H3. The molecule has 0 aliphatic carbocycles. The molecule has 0 fully saturated rings. The second-order valence-corrected chi connectivity index (χ2v) is 8.29. The van der Waals surface area contributed by atoms with Crippen LogP contribution in [0.1, 0.15) is 11.1 Å². The number of alkyl halides is 3. The molecule has 0 bridgehead atoms. The van der Waals surface area contributed by atoms with Crippen LogP contribution < -0.4 is 14.2 Å². The molecule has 1 N–H and O–H groups in total. The van der Waals surface area contributed by atoms with Crippen molar-refractivity contribution in [3.05, 3.63) is 47.5 Å². The molecule has 0 saturated carbocycles. The maximum atomic E-state index is 12.8. The van der Waals surface area contributed by atoms with Crippen molar-refractivity contribution in [1.82, 2.24) is 4.90 Å². The largest absolute Gasteiger partial charge is 0.497 e. The normalized spacial score (nSPS) is 14.1. The molecular formula is C19H19F3N2O5S. The Morgan fingerprint density at radius 1 is 1.03 bits per heavy atom. The van der Waals surface area contributed by atoms with Gasteiger partial charge in [0, 0.05) is 31.3 Å². The summed E-state index contributed by atoms with van der Waals surface area (Å²) in [5, 5.41) is 0. The van der Waals surface area contributed by atoms with Crippen molar-refractivity contribution in [3.63, 3.8) is 0 Å². The predicted molar refractivity (Wildman–Crippen MR) is 102 cm³/mol. The first-order valence-corrected chi connectivity index (χ1v) is 10.3. The van der Waals surface area contributed by atoms with Gasteiger partial charge in [-0.15, -0.1) is 0 Å². The molecule has 30 heavy (non-hydrogen) atoms. The zero-order chi connectivity index (χ0) is 22.1. The van der Waals surface area contributed by atoms with Gasteiger partial charge in [0.05, 0.1) is 24.8 Å². The summed E-state index contributed by atoms with van der Waals surface area (Å²) >= 11 is 0. The lowest BCUT2D eigenvalue weighted by Crippen LogP contribution is -2.43. The highest BCUT2D eigenvalue weighted by Gasteiger charge is 2.43. The van der Waals surface area contributed by atoms with E-state index in [1.54, 1.807) is 12.1 Å². The van der Waals surface area contributed by atoms with Crippen molar-refractivity contribution in [2.75, 3.05) is 25.5 Å². The van der Waals surface area contributed by atoms with Crippen molar-refractivity contribution < 1.29 is 35.9 Å². The Labute approximate surface area is 171 Å². The number of hydrogen-bond acceptors (Lipinski definition) is 5. The number of sulfonamides is 1. The van der Waals surface area contributed by atoms with Crippen LogP contribution in [-0.2, 0) is 27.8 Å². The number of ether oxygens (including phenoxy) is 2. The molecule has 0 spiro atoms. The van der Waals surface area contributed by atoms with Crippen LogP contribution in [0.3, 0.4) is 0 Å². The number of halogens is 3. The second kappa shape index (κ2) is 8.05. The monoisotopic (exact) mass is 444 g/mol. The summed E-state index contributed by atoms with van der Waals surface area (Å²) in [6.07, 6.45) is -4.77. The van der Waals surface area contributed by atoms with Crippen molar-refractivity contribution in [2.24, 2.45) is 0 Å². The summed E-state index contributed by atoms with van der Waals surface area (Å²) in [5.41, 5.74) is 1.24. The Morgan fingerprint density at radius 2 is 1.67 bits per heavy atom. The number of nitrogens with one attached hydrogen (secondary N) is 1. The van der Waals surface area contributed by atoms with Gasteiger partial charge < -0.3 is 14.4 Å². The van der Waals surface area contributed by atoms with E-state index in [1.807, 2.05) is 0 Å². The van der Waals surface area contributed by atoms with Gasteiger partial charge in [0.2, 0.25) is 0 Å². The summed E-state index contributed by atoms with van der Waals surface area (Å²) < 4.78 is 76.4. The maximum absolute atomic E-state index is 12.8. The lowest BCUT2D eigenvalue weighted by Gasteiger charge is -2.29. The van der Waals surface area contributed by atoms with Crippen LogP contribution in [0.5, 0.6) is 11.5 Å². The van der Waals surface area contributed by atoms with E-state index in [4.69, 9.17) is 9.47 Å². The SMILES string of the molecule is COc1cc(NS(=O)(=O)c2ccc3c(c2)CN(C(=O)C(F)(F)F)CC3)cc(OC)c1. The van der Waals surface area contributed by atoms with Crippen molar-refractivity contribution >= 4 is 21.6 Å². The van der Waals surface area contributed by atoms with Gasteiger partial charge >= 0.3 is 12.1 Å². The molecule has 2 aromatic rings. The third kappa shape index (κ3) is 4.61. The molecular weight excluding hydrogens is 425 g/mol. The molecule has 162 valence electrons. The molecule has 1 aliphatic heterocycles. The number of carbonyl (C=O) groups is 1. The number of hydrogen-bond donors (Lipinski definition) is 1. The van der Waals surface area contributed by atoms with Gasteiger partial charge in [-0.05, 0) is 29.7 Å². The summed E-state index contributed by atoms with van der Waals surface area (Å²) in [6.45, 7) is -0.399. The summed E-state index contributed by atoms with van der Waals surface area (Å²) in [7, 11) is -1.21.